The molecule has 1 saturated heterocycles. The summed E-state index contributed by atoms with van der Waals surface area (Å²) in [6, 6.07) is -0.589. The van der Waals surface area contributed by atoms with E-state index in [0.29, 0.717) is 6.42 Å². The summed E-state index contributed by atoms with van der Waals surface area (Å²) in [5, 5.41) is 2.54. The summed E-state index contributed by atoms with van der Waals surface area (Å²) >= 11 is 0. The molecule has 0 aromatic carbocycles. The third-order valence-corrected chi connectivity index (χ3v) is 1.64. The topological polar surface area (TPSA) is 49.4 Å². The normalized spacial score (nSPS) is 25.4. The monoisotopic (exact) mass is 142 g/mol. The van der Waals surface area contributed by atoms with Gasteiger partial charge in [-0.3, -0.25) is 9.69 Å². The van der Waals surface area contributed by atoms with Gasteiger partial charge in [-0.15, -0.1) is 0 Å². The van der Waals surface area contributed by atoms with Crippen LogP contribution in [-0.4, -0.2) is 29.9 Å². The van der Waals surface area contributed by atoms with Crippen molar-refractivity contribution in [1.82, 2.24) is 10.2 Å². The maximum Gasteiger partial charge on any atom is 0.324 e. The Morgan fingerprint density at radius 1 is 1.60 bits per heavy atom. The highest BCUT2D eigenvalue weighted by Crippen LogP contribution is 2.05. The first-order valence-corrected chi connectivity index (χ1v) is 3.25. The minimum absolute atomic E-state index is 0.132. The van der Waals surface area contributed by atoms with Crippen LogP contribution in [0.4, 0.5) is 4.79 Å². The fraction of sp³-hybridized carbons (Fsp3) is 0.667. The van der Waals surface area contributed by atoms with E-state index in [0.717, 1.165) is 4.90 Å². The number of carbonyl (C=O) groups is 2. The largest absolute Gasteiger partial charge is 0.326 e. The second-order valence-corrected chi connectivity index (χ2v) is 2.31. The smallest absolute Gasteiger partial charge is 0.324 e. The quantitative estimate of drug-likeness (QED) is 0.522. The van der Waals surface area contributed by atoms with E-state index in [2.05, 4.69) is 5.32 Å². The van der Waals surface area contributed by atoms with Gasteiger partial charge in [-0.25, -0.2) is 4.79 Å². The van der Waals surface area contributed by atoms with Crippen LogP contribution in [0.15, 0.2) is 0 Å². The summed E-state index contributed by atoms with van der Waals surface area (Å²) in [4.78, 5) is 22.8. The molecular weight excluding hydrogens is 132 g/mol. The van der Waals surface area contributed by atoms with Gasteiger partial charge >= 0.3 is 6.03 Å². The molecule has 0 radical (unpaired) electrons. The highest BCUT2D eigenvalue weighted by molar-refractivity contribution is 6.03. The first kappa shape index (κ1) is 7.05. The first-order chi connectivity index (χ1) is 4.66. The van der Waals surface area contributed by atoms with Gasteiger partial charge in [0, 0.05) is 7.05 Å². The summed E-state index contributed by atoms with van der Waals surface area (Å²) in [6.07, 6.45) is 0.662. The third-order valence-electron chi connectivity index (χ3n) is 1.64. The van der Waals surface area contributed by atoms with Crippen LogP contribution < -0.4 is 5.32 Å². The van der Waals surface area contributed by atoms with Gasteiger partial charge in [0.15, 0.2) is 0 Å². The van der Waals surface area contributed by atoms with E-state index in [1.54, 1.807) is 0 Å². The number of nitrogens with one attached hydrogen (secondary N) is 1. The van der Waals surface area contributed by atoms with Gasteiger partial charge in [0.2, 0.25) is 0 Å². The van der Waals surface area contributed by atoms with E-state index in [4.69, 9.17) is 0 Å². The van der Waals surface area contributed by atoms with Crippen molar-refractivity contribution in [3.63, 3.8) is 0 Å². The van der Waals surface area contributed by atoms with Crippen molar-refractivity contribution < 1.29 is 9.59 Å². The Morgan fingerprint density at radius 3 is 2.40 bits per heavy atom. The van der Waals surface area contributed by atoms with Crippen molar-refractivity contribution in [1.29, 1.82) is 0 Å². The molecule has 1 heterocycles. The van der Waals surface area contributed by atoms with Crippen LogP contribution in [0.3, 0.4) is 0 Å². The predicted octanol–water partition coefficient (Wildman–Crippen LogP) is -0.0534. The fourth-order valence-electron chi connectivity index (χ4n) is 0.918. The number of hydrogen-bond acceptors (Lipinski definition) is 2. The summed E-state index contributed by atoms with van der Waals surface area (Å²) in [5.41, 5.74) is 0. The number of carbonyl (C=O) groups excluding carboxylic acids is 2. The number of rotatable bonds is 1. The Labute approximate surface area is 59.2 Å². The highest BCUT2D eigenvalue weighted by Gasteiger charge is 2.33. The molecule has 1 fully saturated rings. The van der Waals surface area contributed by atoms with E-state index < -0.39 is 0 Å². The fourth-order valence-corrected chi connectivity index (χ4v) is 0.918. The van der Waals surface area contributed by atoms with E-state index in [9.17, 15) is 9.59 Å². The molecule has 1 aliphatic rings. The average molecular weight is 142 g/mol. The maximum atomic E-state index is 11.0. The molecular formula is C6H10N2O2. The van der Waals surface area contributed by atoms with Crippen LogP contribution in [0.1, 0.15) is 13.3 Å². The van der Waals surface area contributed by atoms with E-state index in [1.165, 1.54) is 7.05 Å². The van der Waals surface area contributed by atoms with E-state index in [1.807, 2.05) is 6.92 Å². The zero-order valence-electron chi connectivity index (χ0n) is 6.05. The van der Waals surface area contributed by atoms with Gasteiger partial charge in [-0.2, -0.15) is 0 Å². The molecule has 0 unspecified atom stereocenters. The van der Waals surface area contributed by atoms with Crippen molar-refractivity contribution in [2.45, 2.75) is 19.4 Å². The molecule has 4 nitrogen and oxygen atoms in total. The van der Waals surface area contributed by atoms with E-state index >= 15 is 0 Å². The molecule has 3 amide bonds. The molecule has 10 heavy (non-hydrogen) atoms. The van der Waals surface area contributed by atoms with Crippen molar-refractivity contribution >= 4 is 11.9 Å². The second kappa shape index (κ2) is 2.28. The van der Waals surface area contributed by atoms with Gasteiger partial charge in [0.25, 0.3) is 5.91 Å². The predicted molar refractivity (Wildman–Crippen MR) is 35.4 cm³/mol. The zero-order valence-corrected chi connectivity index (χ0v) is 6.05. The summed E-state index contributed by atoms with van der Waals surface area (Å²) < 4.78 is 0. The molecule has 0 aliphatic carbocycles. The lowest BCUT2D eigenvalue weighted by molar-refractivity contribution is -0.126. The van der Waals surface area contributed by atoms with E-state index in [-0.39, 0.29) is 18.0 Å². The van der Waals surface area contributed by atoms with Crippen LogP contribution in [0.5, 0.6) is 0 Å². The minimum atomic E-state index is -0.295. The molecule has 56 valence electrons. The average Bonchev–Trinajstić information content (AvgIpc) is 2.17. The Hall–Kier alpha value is -1.06. The molecule has 0 aromatic heterocycles. The van der Waals surface area contributed by atoms with Crippen molar-refractivity contribution in [3.8, 4) is 0 Å². The van der Waals surface area contributed by atoms with Crippen LogP contribution in [0.2, 0.25) is 0 Å². The van der Waals surface area contributed by atoms with Gasteiger partial charge < -0.3 is 5.32 Å². The number of amides is 3. The molecule has 1 rings (SSSR count). The zero-order chi connectivity index (χ0) is 7.72. The molecule has 1 N–H and O–H groups in total. The van der Waals surface area contributed by atoms with Gasteiger partial charge in [0.1, 0.15) is 6.04 Å². The van der Waals surface area contributed by atoms with Crippen molar-refractivity contribution in [3.05, 3.63) is 0 Å². The molecule has 0 saturated carbocycles. The third kappa shape index (κ3) is 0.853. The van der Waals surface area contributed by atoms with Crippen LogP contribution in [0, 0.1) is 0 Å². The lowest BCUT2D eigenvalue weighted by atomic mass is 10.2. The van der Waals surface area contributed by atoms with Crippen molar-refractivity contribution in [2.75, 3.05) is 7.05 Å². The molecule has 0 aromatic rings. The SMILES string of the molecule is CC[C@@H]1NC(=O)N(C)C1=O. The highest BCUT2D eigenvalue weighted by atomic mass is 16.2. The molecule has 0 bridgehead atoms. The Kier molecular flexibility index (Phi) is 1.61. The number of nitrogens with zero attached hydrogens (tertiary/aromatic N) is 1. The number of imide groups is 1. The minimum Gasteiger partial charge on any atom is -0.326 e. The Morgan fingerprint density at radius 2 is 2.20 bits per heavy atom. The van der Waals surface area contributed by atoms with Crippen LogP contribution in [-0.2, 0) is 4.79 Å². The van der Waals surface area contributed by atoms with Crippen LogP contribution in [0.25, 0.3) is 0 Å². The number of urea groups is 1. The second-order valence-electron chi connectivity index (χ2n) is 2.31. The Bertz CT molecular complexity index is 179. The standard InChI is InChI=1S/C6H10N2O2/c1-3-4-5(9)8(2)6(10)7-4/h4H,3H2,1-2H3,(H,7,10)/t4-/m0/s1. The number of likely N-dealkylation sites (N-methyl/N-ethyl adjacent to an activating group) is 1. The van der Waals surface area contributed by atoms with Gasteiger partial charge in [-0.05, 0) is 6.42 Å². The molecule has 1 atom stereocenters. The van der Waals surface area contributed by atoms with Gasteiger partial charge in [0.05, 0.1) is 0 Å². The summed E-state index contributed by atoms with van der Waals surface area (Å²) in [7, 11) is 1.48. The van der Waals surface area contributed by atoms with Crippen molar-refractivity contribution in [2.24, 2.45) is 0 Å². The van der Waals surface area contributed by atoms with Crippen LogP contribution >= 0.6 is 0 Å². The lowest BCUT2D eigenvalue weighted by Gasteiger charge is -2.02. The summed E-state index contributed by atoms with van der Waals surface area (Å²) in [6.45, 7) is 1.86. The maximum absolute atomic E-state index is 11.0. The summed E-state index contributed by atoms with van der Waals surface area (Å²) in [5.74, 6) is -0.132. The van der Waals surface area contributed by atoms with Gasteiger partial charge in [-0.1, -0.05) is 6.92 Å². The number of hydrogen-bond donors (Lipinski definition) is 1. The molecule has 0 spiro atoms. The lowest BCUT2D eigenvalue weighted by Crippen LogP contribution is -2.27. The molecule has 1 aliphatic heterocycles. The molecule has 4 heteroatoms. The first-order valence-electron chi connectivity index (χ1n) is 3.25. The Balaban J connectivity index is 2.71.